The van der Waals surface area contributed by atoms with Gasteiger partial charge in [0.05, 0.1) is 0 Å². The van der Waals surface area contributed by atoms with Gasteiger partial charge in [0.2, 0.25) is 0 Å². The minimum atomic E-state index is -0.273. The van der Waals surface area contributed by atoms with Crippen LogP contribution in [0, 0.1) is 5.82 Å². The van der Waals surface area contributed by atoms with Crippen molar-refractivity contribution in [1.82, 2.24) is 20.1 Å². The summed E-state index contributed by atoms with van der Waals surface area (Å²) in [6.45, 7) is 0.664. The van der Waals surface area contributed by atoms with Gasteiger partial charge in [-0.2, -0.15) is 5.10 Å². The molecular weight excluding hydrogens is 219 g/mol. The van der Waals surface area contributed by atoms with E-state index in [-0.39, 0.29) is 5.82 Å². The third-order valence-electron chi connectivity index (χ3n) is 2.88. The van der Waals surface area contributed by atoms with Crippen LogP contribution in [0.25, 0.3) is 5.69 Å². The molecule has 5 heteroatoms. The molecule has 1 aromatic carbocycles. The monoisotopic (exact) mass is 232 g/mol. The molecule has 0 bridgehead atoms. The predicted octanol–water partition coefficient (Wildman–Crippen LogP) is 1.66. The highest BCUT2D eigenvalue weighted by molar-refractivity contribution is 5.41. The minimum absolute atomic E-state index is 0.273. The summed E-state index contributed by atoms with van der Waals surface area (Å²) >= 11 is 0. The van der Waals surface area contributed by atoms with Gasteiger partial charge in [-0.05, 0) is 24.5 Å². The Morgan fingerprint density at radius 1 is 1.41 bits per heavy atom. The Morgan fingerprint density at radius 2 is 2.29 bits per heavy atom. The lowest BCUT2D eigenvalue weighted by molar-refractivity contribution is 0.600. The van der Waals surface area contributed by atoms with Crippen molar-refractivity contribution in [1.29, 1.82) is 0 Å². The van der Waals surface area contributed by atoms with E-state index < -0.39 is 0 Å². The molecule has 0 unspecified atom stereocenters. The lowest BCUT2D eigenvalue weighted by atomic mass is 10.1. The highest BCUT2D eigenvalue weighted by Crippen LogP contribution is 2.22. The first-order valence-electron chi connectivity index (χ1n) is 5.70. The number of rotatable bonds is 4. The maximum Gasteiger partial charge on any atom is 0.149 e. The number of halogens is 1. The van der Waals surface area contributed by atoms with Crippen molar-refractivity contribution in [2.45, 2.75) is 25.4 Å². The Bertz CT molecular complexity index is 505. The summed E-state index contributed by atoms with van der Waals surface area (Å²) < 4.78 is 15.3. The molecule has 0 atom stereocenters. The minimum Gasteiger partial charge on any atom is -0.310 e. The topological polar surface area (TPSA) is 42.7 Å². The Labute approximate surface area is 98.5 Å². The van der Waals surface area contributed by atoms with Crippen LogP contribution in [0.1, 0.15) is 18.4 Å². The van der Waals surface area contributed by atoms with E-state index >= 15 is 0 Å². The SMILES string of the molecule is Fc1cccc(CNC2CC2)c1-n1cncn1. The number of aromatic nitrogens is 3. The van der Waals surface area contributed by atoms with E-state index in [1.807, 2.05) is 6.07 Å². The Balaban J connectivity index is 1.92. The normalized spacial score (nSPS) is 15.1. The van der Waals surface area contributed by atoms with Crippen molar-refractivity contribution in [3.63, 3.8) is 0 Å². The molecule has 0 amide bonds. The largest absolute Gasteiger partial charge is 0.310 e. The fourth-order valence-electron chi connectivity index (χ4n) is 1.82. The summed E-state index contributed by atoms with van der Waals surface area (Å²) in [6, 6.07) is 5.68. The summed E-state index contributed by atoms with van der Waals surface area (Å²) in [6.07, 6.45) is 5.35. The van der Waals surface area contributed by atoms with Gasteiger partial charge in [-0.1, -0.05) is 12.1 Å². The van der Waals surface area contributed by atoms with Crippen LogP contribution < -0.4 is 5.32 Å². The van der Waals surface area contributed by atoms with Crippen molar-refractivity contribution < 1.29 is 4.39 Å². The van der Waals surface area contributed by atoms with Gasteiger partial charge >= 0.3 is 0 Å². The number of nitrogens with one attached hydrogen (secondary N) is 1. The third kappa shape index (κ3) is 2.19. The second-order valence-corrected chi connectivity index (χ2v) is 4.24. The van der Waals surface area contributed by atoms with Crippen LogP contribution in [-0.2, 0) is 6.54 Å². The molecule has 1 aromatic heterocycles. The van der Waals surface area contributed by atoms with E-state index in [9.17, 15) is 4.39 Å². The molecule has 1 aliphatic rings. The van der Waals surface area contributed by atoms with Crippen LogP contribution in [0.15, 0.2) is 30.9 Å². The van der Waals surface area contributed by atoms with Crippen molar-refractivity contribution in [3.8, 4) is 5.69 Å². The summed E-state index contributed by atoms with van der Waals surface area (Å²) in [4.78, 5) is 3.85. The molecule has 0 spiro atoms. The average Bonchev–Trinajstić information content (AvgIpc) is 3.01. The highest BCUT2D eigenvalue weighted by Gasteiger charge is 2.21. The number of hydrogen-bond acceptors (Lipinski definition) is 3. The molecule has 17 heavy (non-hydrogen) atoms. The lowest BCUT2D eigenvalue weighted by Crippen LogP contribution is -2.17. The highest BCUT2D eigenvalue weighted by atomic mass is 19.1. The Morgan fingerprint density at radius 3 is 3.00 bits per heavy atom. The molecule has 1 N–H and O–H groups in total. The van der Waals surface area contributed by atoms with E-state index in [0.717, 1.165) is 5.56 Å². The van der Waals surface area contributed by atoms with Gasteiger partial charge in [-0.15, -0.1) is 0 Å². The van der Waals surface area contributed by atoms with Gasteiger partial charge in [0.15, 0.2) is 0 Å². The number of nitrogens with zero attached hydrogens (tertiary/aromatic N) is 3. The molecule has 1 heterocycles. The van der Waals surface area contributed by atoms with Crippen LogP contribution in [-0.4, -0.2) is 20.8 Å². The van der Waals surface area contributed by atoms with Crippen molar-refractivity contribution in [2.24, 2.45) is 0 Å². The van der Waals surface area contributed by atoms with Gasteiger partial charge in [0.25, 0.3) is 0 Å². The first-order chi connectivity index (χ1) is 8.34. The summed E-state index contributed by atoms with van der Waals surface area (Å²) in [5.41, 5.74) is 1.39. The summed E-state index contributed by atoms with van der Waals surface area (Å²) in [5.74, 6) is -0.273. The van der Waals surface area contributed by atoms with Gasteiger partial charge in [0.1, 0.15) is 24.2 Å². The van der Waals surface area contributed by atoms with Crippen molar-refractivity contribution >= 4 is 0 Å². The molecule has 0 radical (unpaired) electrons. The van der Waals surface area contributed by atoms with Gasteiger partial charge in [-0.3, -0.25) is 0 Å². The molecule has 0 aliphatic heterocycles. The van der Waals surface area contributed by atoms with E-state index in [1.165, 1.54) is 36.2 Å². The second-order valence-electron chi connectivity index (χ2n) is 4.24. The number of para-hydroxylation sites is 1. The van der Waals surface area contributed by atoms with E-state index in [1.54, 1.807) is 6.07 Å². The van der Waals surface area contributed by atoms with E-state index in [2.05, 4.69) is 15.4 Å². The maximum absolute atomic E-state index is 13.8. The molecule has 1 saturated carbocycles. The van der Waals surface area contributed by atoms with Crippen LogP contribution in [0.2, 0.25) is 0 Å². The Hall–Kier alpha value is -1.75. The molecule has 4 nitrogen and oxygen atoms in total. The van der Waals surface area contributed by atoms with Crippen LogP contribution >= 0.6 is 0 Å². The van der Waals surface area contributed by atoms with E-state index in [0.29, 0.717) is 18.3 Å². The molecule has 2 aromatic rings. The molecular formula is C12H13FN4. The third-order valence-corrected chi connectivity index (χ3v) is 2.88. The second kappa shape index (κ2) is 4.25. The standard InChI is InChI=1S/C12H13FN4/c13-11-3-1-2-9(6-15-10-4-5-10)12(11)17-8-14-7-16-17/h1-3,7-8,10,15H,4-6H2. The smallest absolute Gasteiger partial charge is 0.149 e. The average molecular weight is 232 g/mol. The molecule has 1 aliphatic carbocycles. The van der Waals surface area contributed by atoms with Crippen LogP contribution in [0.3, 0.4) is 0 Å². The van der Waals surface area contributed by atoms with E-state index in [4.69, 9.17) is 0 Å². The van der Waals surface area contributed by atoms with Gasteiger partial charge in [-0.25, -0.2) is 14.1 Å². The quantitative estimate of drug-likeness (QED) is 0.871. The fraction of sp³-hybridized carbons (Fsp3) is 0.333. The molecule has 1 fully saturated rings. The first kappa shape index (κ1) is 10.4. The molecule has 0 saturated heterocycles. The zero-order valence-electron chi connectivity index (χ0n) is 9.31. The first-order valence-corrected chi connectivity index (χ1v) is 5.70. The number of hydrogen-bond donors (Lipinski definition) is 1. The van der Waals surface area contributed by atoms with Crippen LogP contribution in [0.5, 0.6) is 0 Å². The van der Waals surface area contributed by atoms with Gasteiger partial charge in [0, 0.05) is 12.6 Å². The lowest BCUT2D eigenvalue weighted by Gasteiger charge is -2.10. The zero-order valence-corrected chi connectivity index (χ0v) is 9.31. The molecule has 88 valence electrons. The zero-order chi connectivity index (χ0) is 11.7. The van der Waals surface area contributed by atoms with Crippen molar-refractivity contribution in [2.75, 3.05) is 0 Å². The van der Waals surface area contributed by atoms with Gasteiger partial charge < -0.3 is 5.32 Å². The number of benzene rings is 1. The van der Waals surface area contributed by atoms with Crippen LogP contribution in [0.4, 0.5) is 4.39 Å². The van der Waals surface area contributed by atoms with Crippen molar-refractivity contribution in [3.05, 3.63) is 42.2 Å². The Kier molecular flexibility index (Phi) is 2.60. The predicted molar refractivity (Wildman–Crippen MR) is 61.2 cm³/mol. The fourth-order valence-corrected chi connectivity index (χ4v) is 1.82. The maximum atomic E-state index is 13.8. The summed E-state index contributed by atoms with van der Waals surface area (Å²) in [7, 11) is 0. The summed E-state index contributed by atoms with van der Waals surface area (Å²) in [5, 5.41) is 7.36. The molecule has 3 rings (SSSR count).